The van der Waals surface area contributed by atoms with Crippen molar-refractivity contribution >= 4 is 5.97 Å². The van der Waals surface area contributed by atoms with Gasteiger partial charge < -0.3 is 4.74 Å². The van der Waals surface area contributed by atoms with Crippen LogP contribution in [0.5, 0.6) is 0 Å². The summed E-state index contributed by atoms with van der Waals surface area (Å²) < 4.78 is 4.64. The maximum atomic E-state index is 10.4. The van der Waals surface area contributed by atoms with Crippen LogP contribution >= 0.6 is 0 Å². The summed E-state index contributed by atoms with van der Waals surface area (Å²) in [7, 11) is 0. The van der Waals surface area contributed by atoms with Gasteiger partial charge in [0, 0.05) is 6.92 Å². The van der Waals surface area contributed by atoms with Gasteiger partial charge in [0.15, 0.2) is 0 Å². The van der Waals surface area contributed by atoms with E-state index in [1.165, 1.54) is 26.0 Å². The lowest BCUT2D eigenvalue weighted by Gasteiger charge is -2.02. The Morgan fingerprint density at radius 2 is 2.07 bits per heavy atom. The second kappa shape index (κ2) is 7.40. The van der Waals surface area contributed by atoms with E-state index in [1.54, 1.807) is 0 Å². The minimum Gasteiger partial charge on any atom is -0.426 e. The summed E-state index contributed by atoms with van der Waals surface area (Å²) in [5.41, 5.74) is 4.07. The van der Waals surface area contributed by atoms with Gasteiger partial charge >= 0.3 is 5.97 Å². The molecule has 80 valence electrons. The number of hydrogen-bond donors (Lipinski definition) is 0. The normalized spacial score (nSPS) is 9.50. The molecule has 0 aliphatic carbocycles. The van der Waals surface area contributed by atoms with Crippen LogP contribution in [0.2, 0.25) is 0 Å². The lowest BCUT2D eigenvalue weighted by molar-refractivity contribution is -0.135. The quantitative estimate of drug-likeness (QED) is 0.382. The fraction of sp³-hybridized carbons (Fsp3) is 0.667. The summed E-state index contributed by atoms with van der Waals surface area (Å²) >= 11 is 0. The molecule has 0 fully saturated rings. The van der Waals surface area contributed by atoms with Crippen molar-refractivity contribution in [2.75, 3.05) is 0 Å². The third-order valence-electron chi connectivity index (χ3n) is 1.86. The van der Waals surface area contributed by atoms with Crippen LogP contribution in [0.3, 0.4) is 0 Å². The highest BCUT2D eigenvalue weighted by molar-refractivity contribution is 5.66. The van der Waals surface area contributed by atoms with Crippen molar-refractivity contribution in [1.29, 1.82) is 0 Å². The topological polar surface area (TPSA) is 26.3 Å². The molecule has 0 bridgehead atoms. The molecule has 0 heterocycles. The Balaban J connectivity index is 3.77. The zero-order valence-corrected chi connectivity index (χ0v) is 9.59. The smallest absolute Gasteiger partial charge is 0.308 e. The lowest BCUT2D eigenvalue weighted by atomic mass is 10.0. The van der Waals surface area contributed by atoms with Crippen LogP contribution < -0.4 is 0 Å². The third-order valence-corrected chi connectivity index (χ3v) is 1.86. The molecule has 14 heavy (non-hydrogen) atoms. The Morgan fingerprint density at radius 1 is 1.43 bits per heavy atom. The first-order chi connectivity index (χ1) is 6.52. The second-order valence-corrected chi connectivity index (χ2v) is 3.94. The maximum Gasteiger partial charge on any atom is 0.308 e. The molecule has 2 heteroatoms. The highest BCUT2D eigenvalue weighted by atomic mass is 16.5. The molecule has 0 saturated carbocycles. The van der Waals surface area contributed by atoms with Gasteiger partial charge in [0.05, 0.1) is 0 Å². The van der Waals surface area contributed by atoms with Crippen LogP contribution in [0.1, 0.15) is 47.0 Å². The van der Waals surface area contributed by atoms with E-state index in [4.69, 9.17) is 0 Å². The monoisotopic (exact) mass is 196 g/mol. The van der Waals surface area contributed by atoms with Crippen LogP contribution in [0.15, 0.2) is 17.6 Å². The molecule has 0 spiro atoms. The number of carbonyl (C=O) groups excluding carboxylic acids is 1. The van der Waals surface area contributed by atoms with E-state index in [9.17, 15) is 4.79 Å². The van der Waals surface area contributed by atoms with Gasteiger partial charge in [0.25, 0.3) is 0 Å². The molecule has 0 N–H and O–H groups in total. The van der Waals surface area contributed by atoms with Gasteiger partial charge in [0.2, 0.25) is 0 Å². The molecule has 0 saturated heterocycles. The molecule has 0 aromatic heterocycles. The molecular weight excluding hydrogens is 176 g/mol. The Labute approximate surface area is 86.6 Å². The summed E-state index contributed by atoms with van der Waals surface area (Å²) in [5.74, 6) is 0.452. The van der Waals surface area contributed by atoms with Crippen molar-refractivity contribution in [3.8, 4) is 0 Å². The van der Waals surface area contributed by atoms with Crippen molar-refractivity contribution in [1.82, 2.24) is 0 Å². The van der Waals surface area contributed by atoms with Gasteiger partial charge in [-0.3, -0.25) is 4.79 Å². The fourth-order valence-corrected chi connectivity index (χ4v) is 1.06. The number of hydrogen-bond acceptors (Lipinski definition) is 2. The summed E-state index contributed by atoms with van der Waals surface area (Å²) in [5, 5.41) is 0. The Hall–Kier alpha value is -1.01. The SMILES string of the molecule is CC(=O)OC=C=C(C)CCCC(C)C. The van der Waals surface area contributed by atoms with Crippen LogP contribution in [0.25, 0.3) is 0 Å². The van der Waals surface area contributed by atoms with Gasteiger partial charge in [-0.1, -0.05) is 26.0 Å². The van der Waals surface area contributed by atoms with E-state index in [1.807, 2.05) is 6.92 Å². The molecule has 0 aromatic carbocycles. The van der Waals surface area contributed by atoms with E-state index in [0.717, 1.165) is 17.9 Å². The van der Waals surface area contributed by atoms with Crippen molar-refractivity contribution < 1.29 is 9.53 Å². The van der Waals surface area contributed by atoms with Crippen molar-refractivity contribution in [3.05, 3.63) is 17.6 Å². The predicted octanol–water partition coefficient (Wildman–Crippen LogP) is 3.43. The van der Waals surface area contributed by atoms with Crippen molar-refractivity contribution in [2.45, 2.75) is 47.0 Å². The molecule has 0 aromatic rings. The molecule has 0 aliphatic rings. The number of esters is 1. The average Bonchev–Trinajstić information content (AvgIpc) is 2.02. The van der Waals surface area contributed by atoms with Crippen molar-refractivity contribution in [3.63, 3.8) is 0 Å². The van der Waals surface area contributed by atoms with Crippen LogP contribution in [-0.2, 0) is 9.53 Å². The third kappa shape index (κ3) is 9.08. The summed E-state index contributed by atoms with van der Waals surface area (Å²) in [6, 6.07) is 0. The number of carbonyl (C=O) groups is 1. The van der Waals surface area contributed by atoms with E-state index in [0.29, 0.717) is 0 Å². The summed E-state index contributed by atoms with van der Waals surface area (Å²) in [6.07, 6.45) is 4.76. The first-order valence-electron chi connectivity index (χ1n) is 5.10. The molecule has 0 rings (SSSR count). The zero-order chi connectivity index (χ0) is 11.0. The number of allylic oxidation sites excluding steroid dienone is 1. The molecule has 0 atom stereocenters. The van der Waals surface area contributed by atoms with E-state index < -0.39 is 0 Å². The molecule has 0 radical (unpaired) electrons. The van der Waals surface area contributed by atoms with Crippen LogP contribution in [0, 0.1) is 5.92 Å². The maximum absolute atomic E-state index is 10.4. The van der Waals surface area contributed by atoms with Gasteiger partial charge in [-0.15, -0.1) is 0 Å². The lowest BCUT2D eigenvalue weighted by Crippen LogP contribution is -1.89. The molecular formula is C12H20O2. The highest BCUT2D eigenvalue weighted by Gasteiger charge is 1.94. The van der Waals surface area contributed by atoms with Gasteiger partial charge in [-0.2, -0.15) is 0 Å². The van der Waals surface area contributed by atoms with Crippen LogP contribution in [0.4, 0.5) is 0 Å². The minimum absolute atomic E-state index is 0.299. The van der Waals surface area contributed by atoms with Gasteiger partial charge in [-0.05, 0) is 31.3 Å². The van der Waals surface area contributed by atoms with E-state index >= 15 is 0 Å². The van der Waals surface area contributed by atoms with Crippen LogP contribution in [-0.4, -0.2) is 5.97 Å². The minimum atomic E-state index is -0.299. The molecule has 0 aliphatic heterocycles. The first-order valence-corrected chi connectivity index (χ1v) is 5.10. The molecule has 0 amide bonds. The van der Waals surface area contributed by atoms with Gasteiger partial charge in [0.1, 0.15) is 6.26 Å². The average molecular weight is 196 g/mol. The number of ether oxygens (including phenoxy) is 1. The fourth-order valence-electron chi connectivity index (χ4n) is 1.06. The Morgan fingerprint density at radius 3 is 2.57 bits per heavy atom. The van der Waals surface area contributed by atoms with E-state index in [2.05, 4.69) is 24.3 Å². The standard InChI is InChI=1S/C12H20O2/c1-10(2)6-5-7-11(3)8-9-14-12(4)13/h9-10H,5-7H2,1-4H3. The van der Waals surface area contributed by atoms with Crippen molar-refractivity contribution in [2.24, 2.45) is 5.92 Å². The largest absolute Gasteiger partial charge is 0.426 e. The summed E-state index contributed by atoms with van der Waals surface area (Å²) in [6.45, 7) is 7.81. The van der Waals surface area contributed by atoms with E-state index in [-0.39, 0.29) is 5.97 Å². The highest BCUT2D eigenvalue weighted by Crippen LogP contribution is 2.10. The zero-order valence-electron chi connectivity index (χ0n) is 9.59. The predicted molar refractivity (Wildman–Crippen MR) is 57.7 cm³/mol. The Kier molecular flexibility index (Phi) is 6.87. The first kappa shape index (κ1) is 13.0. The molecule has 0 unspecified atom stereocenters. The van der Waals surface area contributed by atoms with Gasteiger partial charge in [-0.25, -0.2) is 0 Å². The summed E-state index contributed by atoms with van der Waals surface area (Å²) in [4.78, 5) is 10.4. The number of rotatable bonds is 5. The molecule has 2 nitrogen and oxygen atoms in total. The Bertz CT molecular complexity index is 233. The second-order valence-electron chi connectivity index (χ2n) is 3.94.